The van der Waals surface area contributed by atoms with Crippen LogP contribution in [0.1, 0.15) is 22.3 Å². The molecule has 0 N–H and O–H groups in total. The van der Waals surface area contributed by atoms with E-state index in [9.17, 15) is 0 Å². The fourth-order valence-corrected chi connectivity index (χ4v) is 1.52. The molecular weight excluding hydrogens is 192 g/mol. The first-order chi connectivity index (χ1) is 7.74. The van der Waals surface area contributed by atoms with E-state index < -0.39 is 0 Å². The minimum Gasteiger partial charge on any atom is -0.0614 e. The van der Waals surface area contributed by atoms with Gasteiger partial charge < -0.3 is 0 Å². The molecule has 0 nitrogen and oxygen atoms in total. The SMILES string of the molecule is [CH2]c1ccc(/C=C/c2cccc([CH2])c2)cc1. The van der Waals surface area contributed by atoms with Crippen LogP contribution in [-0.4, -0.2) is 0 Å². The lowest BCUT2D eigenvalue weighted by atomic mass is 10.1. The summed E-state index contributed by atoms with van der Waals surface area (Å²) < 4.78 is 0. The zero-order valence-corrected chi connectivity index (χ0v) is 9.19. The van der Waals surface area contributed by atoms with Crippen molar-refractivity contribution in [1.29, 1.82) is 0 Å². The monoisotopic (exact) mass is 206 g/mol. The van der Waals surface area contributed by atoms with Gasteiger partial charge in [0.05, 0.1) is 0 Å². The first-order valence-corrected chi connectivity index (χ1v) is 5.26. The molecule has 16 heavy (non-hydrogen) atoms. The zero-order chi connectivity index (χ0) is 11.4. The summed E-state index contributed by atoms with van der Waals surface area (Å²) in [5.41, 5.74) is 4.43. The molecule has 2 aromatic carbocycles. The molecule has 0 aliphatic carbocycles. The van der Waals surface area contributed by atoms with E-state index in [2.05, 4.69) is 50.3 Å². The molecule has 0 spiro atoms. The molecule has 0 heterocycles. The van der Waals surface area contributed by atoms with Crippen molar-refractivity contribution in [2.45, 2.75) is 0 Å². The first-order valence-electron chi connectivity index (χ1n) is 5.26. The quantitative estimate of drug-likeness (QED) is 0.645. The third-order valence-corrected chi connectivity index (χ3v) is 2.40. The third-order valence-electron chi connectivity index (χ3n) is 2.40. The maximum absolute atomic E-state index is 3.91. The predicted octanol–water partition coefficient (Wildman–Crippen LogP) is 4.22. The van der Waals surface area contributed by atoms with E-state index in [0.717, 1.165) is 11.1 Å². The zero-order valence-electron chi connectivity index (χ0n) is 9.19. The van der Waals surface area contributed by atoms with Crippen LogP contribution in [0.25, 0.3) is 12.2 Å². The fourth-order valence-electron chi connectivity index (χ4n) is 1.52. The van der Waals surface area contributed by atoms with Gasteiger partial charge in [0.1, 0.15) is 0 Å². The van der Waals surface area contributed by atoms with Crippen LogP contribution in [0, 0.1) is 13.8 Å². The summed E-state index contributed by atoms with van der Waals surface area (Å²) in [6.07, 6.45) is 4.18. The van der Waals surface area contributed by atoms with Crippen molar-refractivity contribution >= 4 is 12.2 Å². The van der Waals surface area contributed by atoms with Gasteiger partial charge in [-0.25, -0.2) is 0 Å². The Hall–Kier alpha value is -1.82. The molecule has 0 atom stereocenters. The van der Waals surface area contributed by atoms with E-state index in [1.807, 2.05) is 24.3 Å². The van der Waals surface area contributed by atoms with Gasteiger partial charge in [-0.2, -0.15) is 0 Å². The molecule has 0 unspecified atom stereocenters. The van der Waals surface area contributed by atoms with Crippen molar-refractivity contribution < 1.29 is 0 Å². The Labute approximate surface area is 97.3 Å². The lowest BCUT2D eigenvalue weighted by Gasteiger charge is -1.97. The third kappa shape index (κ3) is 2.83. The topological polar surface area (TPSA) is 0 Å². The highest BCUT2D eigenvalue weighted by Gasteiger charge is 1.89. The van der Waals surface area contributed by atoms with Gasteiger partial charge in [-0.15, -0.1) is 0 Å². The molecule has 0 aromatic heterocycles. The molecule has 2 rings (SSSR count). The Balaban J connectivity index is 2.18. The Kier molecular flexibility index (Phi) is 3.21. The van der Waals surface area contributed by atoms with Gasteiger partial charge >= 0.3 is 0 Å². The van der Waals surface area contributed by atoms with Crippen LogP contribution in [0.15, 0.2) is 48.5 Å². The highest BCUT2D eigenvalue weighted by molar-refractivity contribution is 5.70. The van der Waals surface area contributed by atoms with E-state index in [1.54, 1.807) is 0 Å². The molecule has 0 aliphatic heterocycles. The van der Waals surface area contributed by atoms with E-state index in [-0.39, 0.29) is 0 Å². The van der Waals surface area contributed by atoms with E-state index in [0.29, 0.717) is 0 Å². The van der Waals surface area contributed by atoms with Crippen molar-refractivity contribution in [2.75, 3.05) is 0 Å². The number of rotatable bonds is 2. The van der Waals surface area contributed by atoms with Gasteiger partial charge in [0.25, 0.3) is 0 Å². The molecule has 2 radical (unpaired) electrons. The molecule has 0 saturated carbocycles. The Morgan fingerprint density at radius 2 is 1.38 bits per heavy atom. The van der Waals surface area contributed by atoms with E-state index in [4.69, 9.17) is 0 Å². The summed E-state index contributed by atoms with van der Waals surface area (Å²) in [4.78, 5) is 0. The molecule has 78 valence electrons. The predicted molar refractivity (Wildman–Crippen MR) is 70.7 cm³/mol. The van der Waals surface area contributed by atoms with Crippen molar-refractivity contribution in [3.05, 3.63) is 84.6 Å². The summed E-state index contributed by atoms with van der Waals surface area (Å²) in [7, 11) is 0. The van der Waals surface area contributed by atoms with Crippen LogP contribution >= 0.6 is 0 Å². The number of benzene rings is 2. The molecule has 0 aliphatic rings. The van der Waals surface area contributed by atoms with E-state index in [1.165, 1.54) is 11.1 Å². The van der Waals surface area contributed by atoms with Gasteiger partial charge in [-0.3, -0.25) is 0 Å². The smallest absolute Gasteiger partial charge is 0.0238 e. The molecule has 0 amide bonds. The molecule has 2 aromatic rings. The minimum absolute atomic E-state index is 1.04. The Bertz CT molecular complexity index is 490. The summed E-state index contributed by atoms with van der Waals surface area (Å²) in [6.45, 7) is 7.76. The molecular formula is C16H14. The van der Waals surface area contributed by atoms with Gasteiger partial charge in [0.2, 0.25) is 0 Å². The molecule has 0 fully saturated rings. The maximum atomic E-state index is 3.91. The van der Waals surface area contributed by atoms with Crippen LogP contribution in [0.5, 0.6) is 0 Å². The summed E-state index contributed by atoms with van der Waals surface area (Å²) in [5.74, 6) is 0. The first kappa shape index (κ1) is 10.7. The summed E-state index contributed by atoms with van der Waals surface area (Å²) >= 11 is 0. The standard InChI is InChI=1S/C16H14/c1-13-6-8-15(9-7-13)10-11-16-5-3-4-14(2)12-16/h3-12H,1-2H2/b11-10+. The summed E-state index contributed by atoms with van der Waals surface area (Å²) in [5, 5.41) is 0. The van der Waals surface area contributed by atoms with Crippen molar-refractivity contribution in [3.63, 3.8) is 0 Å². The lowest BCUT2D eigenvalue weighted by Crippen LogP contribution is -1.76. The van der Waals surface area contributed by atoms with Crippen molar-refractivity contribution in [3.8, 4) is 0 Å². The van der Waals surface area contributed by atoms with Gasteiger partial charge in [0.15, 0.2) is 0 Å². The highest BCUT2D eigenvalue weighted by Crippen LogP contribution is 2.10. The second-order valence-electron chi connectivity index (χ2n) is 3.82. The maximum Gasteiger partial charge on any atom is -0.0238 e. The normalized spacial score (nSPS) is 10.9. The molecule has 0 saturated heterocycles. The largest absolute Gasteiger partial charge is 0.0614 e. The Morgan fingerprint density at radius 1 is 0.688 bits per heavy atom. The van der Waals surface area contributed by atoms with Crippen LogP contribution in [0.4, 0.5) is 0 Å². The number of hydrogen-bond acceptors (Lipinski definition) is 0. The Morgan fingerprint density at radius 3 is 2.06 bits per heavy atom. The van der Waals surface area contributed by atoms with Gasteiger partial charge in [-0.1, -0.05) is 60.7 Å². The van der Waals surface area contributed by atoms with Crippen LogP contribution in [0.2, 0.25) is 0 Å². The van der Waals surface area contributed by atoms with Crippen LogP contribution in [-0.2, 0) is 0 Å². The average Bonchev–Trinajstić information content (AvgIpc) is 2.28. The lowest BCUT2D eigenvalue weighted by molar-refractivity contribution is 1.57. The van der Waals surface area contributed by atoms with Crippen molar-refractivity contribution in [2.24, 2.45) is 0 Å². The second kappa shape index (κ2) is 4.80. The molecule has 0 heteroatoms. The fraction of sp³-hybridized carbons (Fsp3) is 0. The minimum atomic E-state index is 1.04. The summed E-state index contributed by atoms with van der Waals surface area (Å²) in [6, 6.07) is 16.3. The number of hydrogen-bond donors (Lipinski definition) is 0. The van der Waals surface area contributed by atoms with Crippen LogP contribution < -0.4 is 0 Å². The van der Waals surface area contributed by atoms with E-state index >= 15 is 0 Å². The molecule has 0 bridgehead atoms. The second-order valence-corrected chi connectivity index (χ2v) is 3.82. The van der Waals surface area contributed by atoms with Crippen molar-refractivity contribution in [1.82, 2.24) is 0 Å². The highest BCUT2D eigenvalue weighted by atomic mass is 13.9. The average molecular weight is 206 g/mol. The van der Waals surface area contributed by atoms with Gasteiger partial charge in [0, 0.05) is 0 Å². The van der Waals surface area contributed by atoms with Crippen LogP contribution in [0.3, 0.4) is 0 Å². The van der Waals surface area contributed by atoms with Gasteiger partial charge in [-0.05, 0) is 36.1 Å².